The van der Waals surface area contributed by atoms with Gasteiger partial charge < -0.3 is 18.9 Å². The summed E-state index contributed by atoms with van der Waals surface area (Å²) in [6.45, 7) is 3.67. The maximum Gasteiger partial charge on any atom is 0.124 e. The highest BCUT2D eigenvalue weighted by atomic mass is 79.9. The summed E-state index contributed by atoms with van der Waals surface area (Å²) in [4.78, 5) is 0. The first kappa shape index (κ1) is 17.5. The van der Waals surface area contributed by atoms with Gasteiger partial charge in [-0.15, -0.1) is 0 Å². The van der Waals surface area contributed by atoms with E-state index in [9.17, 15) is 4.39 Å². The quantitative estimate of drug-likeness (QED) is 0.575. The van der Waals surface area contributed by atoms with Crippen LogP contribution in [0.2, 0.25) is 0 Å². The number of methoxy groups -OCH3 is 1. The third kappa shape index (κ3) is 7.91. The van der Waals surface area contributed by atoms with Gasteiger partial charge in [0.25, 0.3) is 0 Å². The Balaban J connectivity index is 1.97. The number of benzene rings is 1. The molecule has 0 saturated heterocycles. The molecule has 0 saturated carbocycles. The number of rotatable bonds is 11. The fourth-order valence-electron chi connectivity index (χ4n) is 1.40. The Morgan fingerprint density at radius 3 is 2.15 bits per heavy atom. The van der Waals surface area contributed by atoms with Gasteiger partial charge in [-0.2, -0.15) is 0 Å². The third-order valence-electron chi connectivity index (χ3n) is 2.45. The van der Waals surface area contributed by atoms with Crippen LogP contribution in [-0.2, 0) is 25.6 Å². The molecule has 0 radical (unpaired) electrons. The van der Waals surface area contributed by atoms with Gasteiger partial charge >= 0.3 is 0 Å². The zero-order chi connectivity index (χ0) is 14.6. The molecule has 4 nitrogen and oxygen atoms in total. The second-order valence-electron chi connectivity index (χ2n) is 4.01. The van der Waals surface area contributed by atoms with E-state index in [2.05, 4.69) is 15.9 Å². The van der Waals surface area contributed by atoms with Crippen LogP contribution in [0.25, 0.3) is 0 Å². The summed E-state index contributed by atoms with van der Waals surface area (Å²) in [7, 11) is 1.64. The van der Waals surface area contributed by atoms with Crippen molar-refractivity contribution in [1.82, 2.24) is 0 Å². The summed E-state index contributed by atoms with van der Waals surface area (Å²) in [5.74, 6) is -0.266. The van der Waals surface area contributed by atoms with Crippen LogP contribution >= 0.6 is 15.9 Å². The summed E-state index contributed by atoms with van der Waals surface area (Å²) < 4.78 is 34.5. The number of hydrogen-bond donors (Lipinski definition) is 0. The third-order valence-corrected chi connectivity index (χ3v) is 3.19. The molecule has 6 heteroatoms. The van der Waals surface area contributed by atoms with Crippen molar-refractivity contribution in [2.75, 3.05) is 46.8 Å². The van der Waals surface area contributed by atoms with E-state index in [0.717, 1.165) is 5.56 Å². The lowest BCUT2D eigenvalue weighted by Crippen LogP contribution is -2.11. The number of halogens is 2. The Morgan fingerprint density at radius 2 is 1.55 bits per heavy atom. The highest BCUT2D eigenvalue weighted by molar-refractivity contribution is 9.10. The normalized spacial score (nSPS) is 10.9. The van der Waals surface area contributed by atoms with Crippen LogP contribution < -0.4 is 0 Å². The molecule has 0 bridgehead atoms. The van der Waals surface area contributed by atoms with Crippen molar-refractivity contribution in [3.8, 4) is 0 Å². The minimum atomic E-state index is -0.266. The van der Waals surface area contributed by atoms with Gasteiger partial charge in [0.1, 0.15) is 5.82 Å². The fourth-order valence-corrected chi connectivity index (χ4v) is 1.87. The standard InChI is InChI=1S/C14H20BrFO4/c1-17-4-5-18-6-7-19-8-9-20-11-12-2-3-13(16)10-14(12)15/h2-3,10H,4-9,11H2,1H3. The van der Waals surface area contributed by atoms with E-state index < -0.39 is 0 Å². The van der Waals surface area contributed by atoms with E-state index in [1.54, 1.807) is 13.2 Å². The second-order valence-corrected chi connectivity index (χ2v) is 4.86. The zero-order valence-electron chi connectivity index (χ0n) is 11.6. The van der Waals surface area contributed by atoms with Gasteiger partial charge in [-0.1, -0.05) is 22.0 Å². The number of hydrogen-bond acceptors (Lipinski definition) is 4. The number of ether oxygens (including phenoxy) is 4. The lowest BCUT2D eigenvalue weighted by molar-refractivity contribution is 0.000797. The van der Waals surface area contributed by atoms with Gasteiger partial charge in [-0.3, -0.25) is 0 Å². The molecule has 0 heterocycles. The average Bonchev–Trinajstić information content (AvgIpc) is 2.43. The molecule has 0 aliphatic carbocycles. The molecule has 0 fully saturated rings. The molecule has 0 spiro atoms. The maximum absolute atomic E-state index is 12.9. The molecular formula is C14H20BrFO4. The van der Waals surface area contributed by atoms with Gasteiger partial charge in [0.2, 0.25) is 0 Å². The van der Waals surface area contributed by atoms with E-state index >= 15 is 0 Å². The largest absolute Gasteiger partial charge is 0.382 e. The minimum Gasteiger partial charge on any atom is -0.382 e. The van der Waals surface area contributed by atoms with E-state index in [-0.39, 0.29) is 5.82 Å². The molecule has 20 heavy (non-hydrogen) atoms. The van der Waals surface area contributed by atoms with E-state index in [1.165, 1.54) is 12.1 Å². The Kier molecular flexibility index (Phi) is 9.78. The summed E-state index contributed by atoms with van der Waals surface area (Å²) >= 11 is 3.29. The topological polar surface area (TPSA) is 36.9 Å². The summed E-state index contributed by atoms with van der Waals surface area (Å²) in [5.41, 5.74) is 0.911. The van der Waals surface area contributed by atoms with Crippen molar-refractivity contribution in [3.05, 3.63) is 34.1 Å². The molecule has 114 valence electrons. The second kappa shape index (κ2) is 11.2. The Bertz CT molecular complexity index is 376. The Hall–Kier alpha value is -0.530. The van der Waals surface area contributed by atoms with Gasteiger partial charge in [-0.25, -0.2) is 4.39 Å². The lowest BCUT2D eigenvalue weighted by Gasteiger charge is -2.08. The minimum absolute atomic E-state index is 0.266. The van der Waals surface area contributed by atoms with Crippen LogP contribution in [0, 0.1) is 5.82 Å². The summed E-state index contributed by atoms with van der Waals surface area (Å²) in [6, 6.07) is 4.54. The molecule has 0 aliphatic heterocycles. The molecule has 0 amide bonds. The van der Waals surface area contributed by atoms with Crippen LogP contribution in [0.1, 0.15) is 5.56 Å². The molecule has 0 aliphatic rings. The first-order valence-electron chi connectivity index (χ1n) is 6.40. The average molecular weight is 351 g/mol. The van der Waals surface area contributed by atoms with Crippen LogP contribution in [0.15, 0.2) is 22.7 Å². The molecule has 0 atom stereocenters. The van der Waals surface area contributed by atoms with Gasteiger partial charge in [0.05, 0.1) is 46.2 Å². The lowest BCUT2D eigenvalue weighted by atomic mass is 10.2. The van der Waals surface area contributed by atoms with Gasteiger partial charge in [-0.05, 0) is 17.7 Å². The highest BCUT2D eigenvalue weighted by Crippen LogP contribution is 2.18. The maximum atomic E-state index is 12.9. The first-order valence-corrected chi connectivity index (χ1v) is 7.19. The Morgan fingerprint density at radius 1 is 0.950 bits per heavy atom. The van der Waals surface area contributed by atoms with Crippen molar-refractivity contribution in [2.24, 2.45) is 0 Å². The van der Waals surface area contributed by atoms with Crippen LogP contribution in [0.3, 0.4) is 0 Å². The van der Waals surface area contributed by atoms with Crippen LogP contribution in [0.4, 0.5) is 4.39 Å². The van der Waals surface area contributed by atoms with E-state index in [0.29, 0.717) is 50.7 Å². The van der Waals surface area contributed by atoms with Crippen molar-refractivity contribution in [1.29, 1.82) is 0 Å². The Labute approximate surface area is 127 Å². The molecule has 1 aromatic rings. The van der Waals surface area contributed by atoms with Gasteiger partial charge in [0, 0.05) is 11.6 Å². The summed E-state index contributed by atoms with van der Waals surface area (Å²) in [5, 5.41) is 0. The SMILES string of the molecule is COCCOCCOCCOCc1ccc(F)cc1Br. The van der Waals surface area contributed by atoms with Crippen molar-refractivity contribution >= 4 is 15.9 Å². The molecule has 1 aromatic carbocycles. The molecule has 1 rings (SSSR count). The predicted octanol–water partition coefficient (Wildman–Crippen LogP) is 2.78. The fraction of sp³-hybridized carbons (Fsp3) is 0.571. The smallest absolute Gasteiger partial charge is 0.124 e. The summed E-state index contributed by atoms with van der Waals surface area (Å²) in [6.07, 6.45) is 0. The van der Waals surface area contributed by atoms with Crippen molar-refractivity contribution < 1.29 is 23.3 Å². The van der Waals surface area contributed by atoms with E-state index in [1.807, 2.05) is 0 Å². The zero-order valence-corrected chi connectivity index (χ0v) is 13.2. The van der Waals surface area contributed by atoms with Crippen molar-refractivity contribution in [3.63, 3.8) is 0 Å². The first-order chi connectivity index (χ1) is 9.74. The predicted molar refractivity (Wildman–Crippen MR) is 77.3 cm³/mol. The molecule has 0 N–H and O–H groups in total. The molecule has 0 aromatic heterocycles. The molecular weight excluding hydrogens is 331 g/mol. The molecule has 0 unspecified atom stereocenters. The highest BCUT2D eigenvalue weighted by Gasteiger charge is 2.01. The van der Waals surface area contributed by atoms with Gasteiger partial charge in [0.15, 0.2) is 0 Å². The van der Waals surface area contributed by atoms with E-state index in [4.69, 9.17) is 18.9 Å². The monoisotopic (exact) mass is 350 g/mol. The van der Waals surface area contributed by atoms with Crippen LogP contribution in [0.5, 0.6) is 0 Å². The van der Waals surface area contributed by atoms with Crippen molar-refractivity contribution in [2.45, 2.75) is 6.61 Å². The van der Waals surface area contributed by atoms with Crippen LogP contribution in [-0.4, -0.2) is 46.8 Å².